The molecular formula is C11H14Cl3N. The molecule has 1 N–H and O–H groups in total. The molecule has 1 unspecified atom stereocenters. The minimum absolute atomic E-state index is 0.555. The van der Waals surface area contributed by atoms with Gasteiger partial charge < -0.3 is 5.32 Å². The fourth-order valence-electron chi connectivity index (χ4n) is 1.13. The summed E-state index contributed by atoms with van der Waals surface area (Å²) in [4.78, 5) is 0. The zero-order valence-corrected chi connectivity index (χ0v) is 11.0. The van der Waals surface area contributed by atoms with Gasteiger partial charge in [-0.3, -0.25) is 0 Å². The van der Waals surface area contributed by atoms with Crippen molar-refractivity contribution in [2.75, 3.05) is 11.9 Å². The Kier molecular flexibility index (Phi) is 5.04. The normalized spacial score (nSPS) is 12.6. The van der Waals surface area contributed by atoms with Gasteiger partial charge in [-0.05, 0) is 18.1 Å². The summed E-state index contributed by atoms with van der Waals surface area (Å²) in [7, 11) is 0. The quantitative estimate of drug-likeness (QED) is 0.799. The lowest BCUT2D eigenvalue weighted by atomic mass is 10.1. The minimum Gasteiger partial charge on any atom is -0.382 e. The molecule has 15 heavy (non-hydrogen) atoms. The molecule has 84 valence electrons. The Bertz CT molecular complexity index is 316. The molecule has 0 aromatic heterocycles. The second-order valence-corrected chi connectivity index (χ2v) is 4.89. The van der Waals surface area contributed by atoms with E-state index in [2.05, 4.69) is 19.2 Å². The van der Waals surface area contributed by atoms with Gasteiger partial charge in [-0.15, -0.1) is 0 Å². The molecule has 0 spiro atoms. The van der Waals surface area contributed by atoms with Crippen LogP contribution in [0.15, 0.2) is 12.1 Å². The van der Waals surface area contributed by atoms with E-state index >= 15 is 0 Å². The van der Waals surface area contributed by atoms with Crippen LogP contribution in [0.3, 0.4) is 0 Å². The van der Waals surface area contributed by atoms with Crippen molar-refractivity contribution in [3.05, 3.63) is 27.2 Å². The summed E-state index contributed by atoms with van der Waals surface area (Å²) in [5.74, 6) is 0.591. The van der Waals surface area contributed by atoms with Crippen LogP contribution in [-0.4, -0.2) is 6.54 Å². The molecule has 1 aromatic rings. The van der Waals surface area contributed by atoms with Gasteiger partial charge in [0.05, 0.1) is 15.7 Å². The summed E-state index contributed by atoms with van der Waals surface area (Å²) in [5.41, 5.74) is 0.767. The SMILES string of the molecule is CCC(C)CNc1c(Cl)cc(Cl)cc1Cl. The van der Waals surface area contributed by atoms with E-state index in [4.69, 9.17) is 34.8 Å². The van der Waals surface area contributed by atoms with Crippen molar-refractivity contribution in [1.29, 1.82) is 0 Å². The van der Waals surface area contributed by atoms with Crippen molar-refractivity contribution in [2.45, 2.75) is 20.3 Å². The Labute approximate surface area is 106 Å². The average Bonchev–Trinajstić information content (AvgIpc) is 2.15. The van der Waals surface area contributed by atoms with Gasteiger partial charge >= 0.3 is 0 Å². The van der Waals surface area contributed by atoms with Crippen molar-refractivity contribution in [1.82, 2.24) is 0 Å². The van der Waals surface area contributed by atoms with Crippen LogP contribution in [0.5, 0.6) is 0 Å². The van der Waals surface area contributed by atoms with E-state index < -0.39 is 0 Å². The predicted molar refractivity (Wildman–Crippen MR) is 69.4 cm³/mol. The molecule has 0 heterocycles. The van der Waals surface area contributed by atoms with Gasteiger partial charge in [-0.1, -0.05) is 55.1 Å². The number of halogens is 3. The fraction of sp³-hybridized carbons (Fsp3) is 0.455. The van der Waals surface area contributed by atoms with Crippen molar-refractivity contribution < 1.29 is 0 Å². The Hall–Kier alpha value is -0.110. The topological polar surface area (TPSA) is 12.0 Å². The smallest absolute Gasteiger partial charge is 0.0720 e. The monoisotopic (exact) mass is 265 g/mol. The molecule has 0 saturated heterocycles. The largest absolute Gasteiger partial charge is 0.382 e. The van der Waals surface area contributed by atoms with Gasteiger partial charge in [0.1, 0.15) is 0 Å². The molecule has 0 bridgehead atoms. The van der Waals surface area contributed by atoms with Gasteiger partial charge in [0.15, 0.2) is 0 Å². The Morgan fingerprint density at radius 1 is 1.20 bits per heavy atom. The molecule has 1 rings (SSSR count). The number of benzene rings is 1. The van der Waals surface area contributed by atoms with Crippen LogP contribution in [-0.2, 0) is 0 Å². The fourth-order valence-corrected chi connectivity index (χ4v) is 2.08. The molecule has 1 nitrogen and oxygen atoms in total. The Balaban J connectivity index is 2.77. The number of hydrogen-bond donors (Lipinski definition) is 1. The van der Waals surface area contributed by atoms with Crippen LogP contribution in [0, 0.1) is 5.92 Å². The van der Waals surface area contributed by atoms with Crippen LogP contribution in [0.2, 0.25) is 15.1 Å². The summed E-state index contributed by atoms with van der Waals surface area (Å²) in [6.45, 7) is 5.18. The average molecular weight is 267 g/mol. The Morgan fingerprint density at radius 2 is 1.73 bits per heavy atom. The van der Waals surface area contributed by atoms with Gasteiger partial charge in [0.25, 0.3) is 0 Å². The third-order valence-electron chi connectivity index (χ3n) is 2.33. The zero-order chi connectivity index (χ0) is 11.4. The first-order chi connectivity index (χ1) is 7.04. The highest BCUT2D eigenvalue weighted by Crippen LogP contribution is 2.33. The first-order valence-electron chi connectivity index (χ1n) is 4.93. The number of hydrogen-bond acceptors (Lipinski definition) is 1. The molecule has 0 fully saturated rings. The molecule has 0 aliphatic carbocycles. The third-order valence-corrected chi connectivity index (χ3v) is 3.15. The molecule has 0 amide bonds. The van der Waals surface area contributed by atoms with Gasteiger partial charge in [0.2, 0.25) is 0 Å². The highest BCUT2D eigenvalue weighted by atomic mass is 35.5. The van der Waals surface area contributed by atoms with E-state index in [1.807, 2.05) is 0 Å². The summed E-state index contributed by atoms with van der Waals surface area (Å²) in [6, 6.07) is 3.38. The summed E-state index contributed by atoms with van der Waals surface area (Å²) >= 11 is 17.9. The van der Waals surface area contributed by atoms with Crippen LogP contribution in [0.4, 0.5) is 5.69 Å². The van der Waals surface area contributed by atoms with Gasteiger partial charge in [-0.2, -0.15) is 0 Å². The number of anilines is 1. The standard InChI is InChI=1S/C11H14Cl3N/c1-3-7(2)6-15-11-9(13)4-8(12)5-10(11)14/h4-5,7,15H,3,6H2,1-2H3. The second-order valence-electron chi connectivity index (χ2n) is 3.64. The lowest BCUT2D eigenvalue weighted by Gasteiger charge is -2.14. The predicted octanol–water partition coefficient (Wildman–Crippen LogP) is 5.10. The number of rotatable bonds is 4. The van der Waals surface area contributed by atoms with Crippen molar-refractivity contribution in [3.8, 4) is 0 Å². The van der Waals surface area contributed by atoms with Gasteiger partial charge in [0, 0.05) is 11.6 Å². The molecule has 4 heteroatoms. The summed E-state index contributed by atoms with van der Waals surface area (Å²) < 4.78 is 0. The van der Waals surface area contributed by atoms with E-state index in [0.29, 0.717) is 21.0 Å². The van der Waals surface area contributed by atoms with E-state index in [9.17, 15) is 0 Å². The molecule has 0 saturated carbocycles. The second kappa shape index (κ2) is 5.83. The van der Waals surface area contributed by atoms with Crippen molar-refractivity contribution >= 4 is 40.5 Å². The lowest BCUT2D eigenvalue weighted by Crippen LogP contribution is -2.10. The molecule has 1 atom stereocenters. The maximum atomic E-state index is 6.03. The maximum Gasteiger partial charge on any atom is 0.0720 e. The van der Waals surface area contributed by atoms with E-state index in [1.54, 1.807) is 12.1 Å². The highest BCUT2D eigenvalue weighted by molar-refractivity contribution is 6.41. The first-order valence-corrected chi connectivity index (χ1v) is 6.06. The highest BCUT2D eigenvalue weighted by Gasteiger charge is 2.08. The lowest BCUT2D eigenvalue weighted by molar-refractivity contribution is 0.593. The van der Waals surface area contributed by atoms with Gasteiger partial charge in [-0.25, -0.2) is 0 Å². The van der Waals surface area contributed by atoms with Crippen LogP contribution >= 0.6 is 34.8 Å². The van der Waals surface area contributed by atoms with Crippen LogP contribution in [0.25, 0.3) is 0 Å². The molecule has 0 aliphatic rings. The van der Waals surface area contributed by atoms with Crippen molar-refractivity contribution in [3.63, 3.8) is 0 Å². The zero-order valence-electron chi connectivity index (χ0n) is 8.78. The maximum absolute atomic E-state index is 6.03. The summed E-state index contributed by atoms with van der Waals surface area (Å²) in [5, 5.41) is 4.92. The Morgan fingerprint density at radius 3 is 2.20 bits per heavy atom. The van der Waals surface area contributed by atoms with Crippen LogP contribution < -0.4 is 5.32 Å². The summed E-state index contributed by atoms with van der Waals surface area (Å²) in [6.07, 6.45) is 1.12. The molecular weight excluding hydrogens is 252 g/mol. The minimum atomic E-state index is 0.555. The molecule has 0 radical (unpaired) electrons. The van der Waals surface area contributed by atoms with Crippen LogP contribution in [0.1, 0.15) is 20.3 Å². The molecule has 1 aromatic carbocycles. The number of nitrogens with one attached hydrogen (secondary N) is 1. The third kappa shape index (κ3) is 3.75. The van der Waals surface area contributed by atoms with E-state index in [1.165, 1.54) is 0 Å². The molecule has 0 aliphatic heterocycles. The first kappa shape index (κ1) is 13.0. The van der Waals surface area contributed by atoms with E-state index in [0.717, 1.165) is 18.7 Å². The van der Waals surface area contributed by atoms with Crippen molar-refractivity contribution in [2.24, 2.45) is 5.92 Å². The van der Waals surface area contributed by atoms with E-state index in [-0.39, 0.29) is 0 Å².